The largest absolute Gasteiger partial charge is 0.573 e. The van der Waals surface area contributed by atoms with Gasteiger partial charge >= 0.3 is 6.36 Å². The summed E-state index contributed by atoms with van der Waals surface area (Å²) < 4.78 is 40.4. The molecule has 4 N–H and O–H groups in total. The molecule has 1 aromatic rings. The van der Waals surface area contributed by atoms with Gasteiger partial charge in [0.25, 0.3) is 5.91 Å². The molecule has 0 aliphatic heterocycles. The number of nitrogens with zero attached hydrogens (tertiary/aromatic N) is 1. The molecule has 1 amide bonds. The Morgan fingerprint density at radius 3 is 2.26 bits per heavy atom. The number of aliphatic imine (C=N–C) groups is 1. The normalized spacial score (nSPS) is 11.0. The first kappa shape index (κ1) is 15.8. The molecule has 0 atom stereocenters. The van der Waals surface area contributed by atoms with Crippen molar-refractivity contribution < 1.29 is 22.7 Å². The average Bonchev–Trinajstić information content (AvgIpc) is 2.19. The Labute approximate surface area is 122 Å². The third kappa shape index (κ3) is 4.71. The van der Waals surface area contributed by atoms with E-state index >= 15 is 0 Å². The van der Waals surface area contributed by atoms with E-state index in [0.29, 0.717) is 0 Å². The lowest BCUT2D eigenvalue weighted by molar-refractivity contribution is -0.274. The molecule has 5 nitrogen and oxygen atoms in total. The maximum atomic E-state index is 12.2. The Morgan fingerprint density at radius 1 is 1.21 bits per heavy atom. The number of carbonyl (C=O) groups is 1. The van der Waals surface area contributed by atoms with E-state index in [1.807, 2.05) is 0 Å². The number of amides is 1. The van der Waals surface area contributed by atoms with Crippen molar-refractivity contribution >= 4 is 43.7 Å². The van der Waals surface area contributed by atoms with Gasteiger partial charge in [0.1, 0.15) is 5.75 Å². The zero-order chi connectivity index (χ0) is 14.8. The van der Waals surface area contributed by atoms with Gasteiger partial charge in [0, 0.05) is 4.47 Å². The van der Waals surface area contributed by atoms with E-state index in [0.717, 1.165) is 6.07 Å². The van der Waals surface area contributed by atoms with E-state index in [2.05, 4.69) is 41.6 Å². The van der Waals surface area contributed by atoms with Gasteiger partial charge in [-0.2, -0.15) is 4.99 Å². The summed E-state index contributed by atoms with van der Waals surface area (Å²) in [5.74, 6) is -1.98. The number of carbonyl (C=O) groups excluding carboxylic acids is 1. The van der Waals surface area contributed by atoms with Gasteiger partial charge in [-0.3, -0.25) is 4.79 Å². The molecular formula is C9H6Br2F3N3O2. The lowest BCUT2D eigenvalue weighted by atomic mass is 10.2. The molecule has 0 aromatic heterocycles. The van der Waals surface area contributed by atoms with Crippen LogP contribution in [0.5, 0.6) is 5.75 Å². The van der Waals surface area contributed by atoms with Gasteiger partial charge in [0.2, 0.25) is 0 Å². The predicted octanol–water partition coefficient (Wildman–Crippen LogP) is 2.52. The molecule has 10 heteroatoms. The van der Waals surface area contributed by atoms with Crippen LogP contribution in [0.15, 0.2) is 26.1 Å². The van der Waals surface area contributed by atoms with Crippen molar-refractivity contribution in [3.63, 3.8) is 0 Å². The number of nitrogens with two attached hydrogens (primary N) is 2. The highest BCUT2D eigenvalue weighted by Gasteiger charge is 2.32. The molecular weight excluding hydrogens is 399 g/mol. The van der Waals surface area contributed by atoms with Crippen LogP contribution in [0.3, 0.4) is 0 Å². The second-order valence-corrected chi connectivity index (χ2v) is 4.86. The molecule has 0 saturated carbocycles. The second kappa shape index (κ2) is 5.78. The number of ether oxygens (including phenoxy) is 1. The van der Waals surface area contributed by atoms with Crippen LogP contribution in [0, 0.1) is 0 Å². The maximum absolute atomic E-state index is 12.2. The van der Waals surface area contributed by atoms with Crippen molar-refractivity contribution in [1.82, 2.24) is 0 Å². The summed E-state index contributed by atoms with van der Waals surface area (Å²) >= 11 is 5.90. The van der Waals surface area contributed by atoms with Crippen LogP contribution in [0.2, 0.25) is 0 Å². The van der Waals surface area contributed by atoms with E-state index in [4.69, 9.17) is 11.5 Å². The summed E-state index contributed by atoms with van der Waals surface area (Å²) in [6.45, 7) is 0. The number of rotatable bonds is 2. The summed E-state index contributed by atoms with van der Waals surface area (Å²) in [5.41, 5.74) is 9.87. The molecule has 0 radical (unpaired) electrons. The molecule has 0 aliphatic rings. The van der Waals surface area contributed by atoms with Crippen molar-refractivity contribution in [1.29, 1.82) is 0 Å². The van der Waals surface area contributed by atoms with Gasteiger partial charge in [0.05, 0.1) is 10.0 Å². The molecule has 1 rings (SSSR count). The Kier molecular flexibility index (Phi) is 4.80. The molecule has 0 spiro atoms. The number of guanidine groups is 1. The first-order valence-electron chi connectivity index (χ1n) is 4.49. The number of halogens is 5. The highest BCUT2D eigenvalue weighted by molar-refractivity contribution is 9.11. The lowest BCUT2D eigenvalue weighted by Crippen LogP contribution is -2.24. The zero-order valence-electron chi connectivity index (χ0n) is 8.96. The summed E-state index contributed by atoms with van der Waals surface area (Å²) in [6.07, 6.45) is -4.88. The van der Waals surface area contributed by atoms with Crippen LogP contribution in [0.4, 0.5) is 13.2 Å². The van der Waals surface area contributed by atoms with Gasteiger partial charge in [-0.1, -0.05) is 0 Å². The fourth-order valence-electron chi connectivity index (χ4n) is 1.07. The highest BCUT2D eigenvalue weighted by atomic mass is 79.9. The van der Waals surface area contributed by atoms with Crippen LogP contribution in [0.25, 0.3) is 0 Å². The van der Waals surface area contributed by atoms with E-state index in [-0.39, 0.29) is 14.5 Å². The average molecular weight is 405 g/mol. The summed E-state index contributed by atoms with van der Waals surface area (Å²) in [4.78, 5) is 14.8. The zero-order valence-corrected chi connectivity index (χ0v) is 12.1. The number of benzene rings is 1. The molecule has 19 heavy (non-hydrogen) atoms. The molecule has 0 heterocycles. The first-order valence-corrected chi connectivity index (χ1v) is 6.07. The van der Waals surface area contributed by atoms with Crippen LogP contribution >= 0.6 is 31.9 Å². The van der Waals surface area contributed by atoms with Crippen LogP contribution in [-0.2, 0) is 0 Å². The molecule has 1 aromatic carbocycles. The van der Waals surface area contributed by atoms with E-state index in [1.165, 1.54) is 6.07 Å². The Bertz CT molecular complexity index is 542. The van der Waals surface area contributed by atoms with Crippen molar-refractivity contribution in [2.75, 3.05) is 0 Å². The van der Waals surface area contributed by atoms with Gasteiger partial charge in [0.15, 0.2) is 5.96 Å². The Balaban J connectivity index is 3.24. The van der Waals surface area contributed by atoms with Crippen molar-refractivity contribution in [3.8, 4) is 5.75 Å². The number of hydrogen-bond acceptors (Lipinski definition) is 2. The SMILES string of the molecule is NC(N)=NC(=O)c1cc(OC(F)(F)F)c(Br)cc1Br. The highest BCUT2D eigenvalue weighted by Crippen LogP contribution is 2.35. The van der Waals surface area contributed by atoms with Gasteiger partial charge in [-0.05, 0) is 44.0 Å². The third-order valence-corrected chi connectivity index (χ3v) is 2.98. The van der Waals surface area contributed by atoms with Crippen molar-refractivity contribution in [3.05, 3.63) is 26.6 Å². The predicted molar refractivity (Wildman–Crippen MR) is 68.7 cm³/mol. The minimum atomic E-state index is -4.88. The minimum absolute atomic E-state index is 0.0120. The van der Waals surface area contributed by atoms with Gasteiger partial charge in [-0.25, -0.2) is 0 Å². The molecule has 0 saturated heterocycles. The van der Waals surface area contributed by atoms with E-state index in [9.17, 15) is 18.0 Å². The summed E-state index contributed by atoms with van der Waals surface area (Å²) in [6, 6.07) is 2.09. The third-order valence-electron chi connectivity index (χ3n) is 1.71. The van der Waals surface area contributed by atoms with E-state index in [1.54, 1.807) is 0 Å². The fourth-order valence-corrected chi connectivity index (χ4v) is 2.32. The first-order chi connectivity index (χ1) is 8.60. The second-order valence-electron chi connectivity index (χ2n) is 3.15. The lowest BCUT2D eigenvalue weighted by Gasteiger charge is -2.12. The van der Waals surface area contributed by atoms with Gasteiger partial charge in [-0.15, -0.1) is 13.2 Å². The number of hydrogen-bond donors (Lipinski definition) is 2. The van der Waals surface area contributed by atoms with Crippen LogP contribution in [-0.4, -0.2) is 18.2 Å². The smallest absolute Gasteiger partial charge is 0.405 e. The van der Waals surface area contributed by atoms with Crippen LogP contribution < -0.4 is 16.2 Å². The van der Waals surface area contributed by atoms with Crippen molar-refractivity contribution in [2.45, 2.75) is 6.36 Å². The van der Waals surface area contributed by atoms with Crippen LogP contribution in [0.1, 0.15) is 10.4 Å². The van der Waals surface area contributed by atoms with Crippen molar-refractivity contribution in [2.24, 2.45) is 16.5 Å². The number of alkyl halides is 3. The molecule has 0 bridgehead atoms. The summed E-state index contributed by atoms with van der Waals surface area (Å²) in [7, 11) is 0. The standard InChI is InChI=1S/C9H6Br2F3N3O2/c10-4-2-5(11)6(19-9(12,13)14)1-3(4)7(18)17-8(15)16/h1-2H,(H4,15,16,17,18). The topological polar surface area (TPSA) is 90.7 Å². The minimum Gasteiger partial charge on any atom is -0.405 e. The molecule has 0 aliphatic carbocycles. The van der Waals surface area contributed by atoms with Gasteiger partial charge < -0.3 is 16.2 Å². The summed E-state index contributed by atoms with van der Waals surface area (Å²) in [5, 5.41) is 0. The maximum Gasteiger partial charge on any atom is 0.573 e. The molecule has 0 unspecified atom stereocenters. The van der Waals surface area contributed by atoms with E-state index < -0.39 is 24.0 Å². The quantitative estimate of drug-likeness (QED) is 0.585. The molecule has 0 fully saturated rings. The molecule has 104 valence electrons. The fraction of sp³-hybridized carbons (Fsp3) is 0.111. The monoisotopic (exact) mass is 403 g/mol. The Morgan fingerprint density at radius 2 is 1.79 bits per heavy atom. The Hall–Kier alpha value is -1.29.